The fraction of sp³-hybridized carbons (Fsp3) is 0.333. The van der Waals surface area contributed by atoms with Gasteiger partial charge in [0.05, 0.1) is 12.3 Å². The van der Waals surface area contributed by atoms with Crippen LogP contribution < -0.4 is 10.6 Å². The van der Waals surface area contributed by atoms with Crippen LogP contribution in [0.2, 0.25) is 0 Å². The van der Waals surface area contributed by atoms with Gasteiger partial charge in [0, 0.05) is 30.9 Å². The molecule has 4 heterocycles. The SMILES string of the molecule is Nc1cc(N2CCC3(CC2)OCCc2cnc(-c4ccccc4)nc23)ncn1. The van der Waals surface area contributed by atoms with Crippen LogP contribution in [-0.2, 0) is 16.8 Å². The van der Waals surface area contributed by atoms with Crippen molar-refractivity contribution in [2.75, 3.05) is 30.3 Å². The minimum atomic E-state index is -0.352. The van der Waals surface area contributed by atoms with Crippen LogP contribution in [0.15, 0.2) is 48.9 Å². The van der Waals surface area contributed by atoms with Gasteiger partial charge >= 0.3 is 0 Å². The van der Waals surface area contributed by atoms with Gasteiger partial charge in [-0.3, -0.25) is 0 Å². The van der Waals surface area contributed by atoms with Crippen LogP contribution in [0.5, 0.6) is 0 Å². The smallest absolute Gasteiger partial charge is 0.159 e. The maximum atomic E-state index is 6.36. The average Bonchev–Trinajstić information content (AvgIpc) is 2.75. The van der Waals surface area contributed by atoms with Gasteiger partial charge in [-0.25, -0.2) is 19.9 Å². The van der Waals surface area contributed by atoms with Gasteiger partial charge in [0.25, 0.3) is 0 Å². The monoisotopic (exact) mass is 374 g/mol. The molecule has 2 aliphatic rings. The van der Waals surface area contributed by atoms with E-state index in [9.17, 15) is 0 Å². The number of nitrogens with two attached hydrogens (primary N) is 1. The Morgan fingerprint density at radius 1 is 1.04 bits per heavy atom. The summed E-state index contributed by atoms with van der Waals surface area (Å²) in [4.78, 5) is 20.2. The number of piperidine rings is 1. The third-order valence-electron chi connectivity index (χ3n) is 5.65. The lowest BCUT2D eigenvalue weighted by molar-refractivity contribution is -0.0801. The molecule has 2 aliphatic heterocycles. The fourth-order valence-corrected chi connectivity index (χ4v) is 4.15. The van der Waals surface area contributed by atoms with Crippen LogP contribution in [0.3, 0.4) is 0 Å². The molecule has 2 aromatic heterocycles. The molecule has 0 atom stereocenters. The van der Waals surface area contributed by atoms with Gasteiger partial charge in [-0.05, 0) is 24.8 Å². The predicted molar refractivity (Wildman–Crippen MR) is 107 cm³/mol. The van der Waals surface area contributed by atoms with Gasteiger partial charge in [-0.1, -0.05) is 30.3 Å². The van der Waals surface area contributed by atoms with E-state index in [4.69, 9.17) is 15.5 Å². The number of rotatable bonds is 2. The highest BCUT2D eigenvalue weighted by Crippen LogP contribution is 2.41. The number of anilines is 2. The zero-order valence-corrected chi connectivity index (χ0v) is 15.6. The Kier molecular flexibility index (Phi) is 4.16. The molecule has 7 nitrogen and oxygen atoms in total. The van der Waals surface area contributed by atoms with E-state index >= 15 is 0 Å². The number of hydrogen-bond acceptors (Lipinski definition) is 7. The molecule has 0 unspecified atom stereocenters. The van der Waals surface area contributed by atoms with Crippen molar-refractivity contribution in [3.05, 3.63) is 60.2 Å². The molecule has 0 radical (unpaired) electrons. The summed E-state index contributed by atoms with van der Waals surface area (Å²) in [6.45, 7) is 2.38. The highest BCUT2D eigenvalue weighted by atomic mass is 16.5. The maximum Gasteiger partial charge on any atom is 0.159 e. The maximum absolute atomic E-state index is 6.36. The van der Waals surface area contributed by atoms with Crippen LogP contribution in [0.25, 0.3) is 11.4 Å². The minimum Gasteiger partial charge on any atom is -0.384 e. The van der Waals surface area contributed by atoms with Crippen LogP contribution in [0, 0.1) is 0 Å². The van der Waals surface area contributed by atoms with Crippen molar-refractivity contribution in [3.63, 3.8) is 0 Å². The van der Waals surface area contributed by atoms with Crippen LogP contribution in [-0.4, -0.2) is 39.6 Å². The largest absolute Gasteiger partial charge is 0.384 e. The number of ether oxygens (including phenoxy) is 1. The zero-order valence-electron chi connectivity index (χ0n) is 15.6. The fourth-order valence-electron chi connectivity index (χ4n) is 4.15. The summed E-state index contributed by atoms with van der Waals surface area (Å²) >= 11 is 0. The van der Waals surface area contributed by atoms with E-state index in [0.29, 0.717) is 12.4 Å². The lowest BCUT2D eigenvalue weighted by atomic mass is 9.83. The number of benzene rings is 1. The Bertz CT molecular complexity index is 985. The highest BCUT2D eigenvalue weighted by Gasteiger charge is 2.42. The third kappa shape index (κ3) is 2.97. The van der Waals surface area contributed by atoms with Crippen molar-refractivity contribution in [2.45, 2.75) is 24.9 Å². The third-order valence-corrected chi connectivity index (χ3v) is 5.65. The summed E-state index contributed by atoms with van der Waals surface area (Å²) in [6, 6.07) is 11.9. The molecule has 0 saturated carbocycles. The minimum absolute atomic E-state index is 0.352. The Hall–Kier alpha value is -3.06. The Morgan fingerprint density at radius 3 is 2.64 bits per heavy atom. The predicted octanol–water partition coefficient (Wildman–Crippen LogP) is 2.58. The average molecular weight is 374 g/mol. The van der Waals surface area contributed by atoms with Crippen molar-refractivity contribution in [2.24, 2.45) is 0 Å². The summed E-state index contributed by atoms with van der Waals surface area (Å²) in [5.41, 5.74) is 8.74. The molecule has 1 aromatic carbocycles. The van der Waals surface area contributed by atoms with Crippen molar-refractivity contribution in [1.29, 1.82) is 0 Å². The van der Waals surface area contributed by atoms with Gasteiger partial charge in [-0.2, -0.15) is 0 Å². The van der Waals surface area contributed by atoms with Crippen molar-refractivity contribution in [1.82, 2.24) is 19.9 Å². The first-order valence-corrected chi connectivity index (χ1v) is 9.62. The molecule has 7 heteroatoms. The summed E-state index contributed by atoms with van der Waals surface area (Å²) in [5.74, 6) is 2.12. The molecule has 28 heavy (non-hydrogen) atoms. The Morgan fingerprint density at radius 2 is 1.86 bits per heavy atom. The number of nitrogens with zero attached hydrogens (tertiary/aromatic N) is 5. The summed E-state index contributed by atoms with van der Waals surface area (Å²) < 4.78 is 6.36. The second-order valence-electron chi connectivity index (χ2n) is 7.31. The molecule has 0 aliphatic carbocycles. The molecule has 1 fully saturated rings. The van der Waals surface area contributed by atoms with E-state index in [1.807, 2.05) is 42.6 Å². The Labute approximate surface area is 163 Å². The Balaban J connectivity index is 1.45. The molecule has 5 rings (SSSR count). The lowest BCUT2D eigenvalue weighted by Gasteiger charge is -2.44. The van der Waals surface area contributed by atoms with Crippen molar-refractivity contribution >= 4 is 11.6 Å². The van der Waals surface area contributed by atoms with Crippen molar-refractivity contribution < 1.29 is 4.74 Å². The van der Waals surface area contributed by atoms with Crippen LogP contribution >= 0.6 is 0 Å². The normalized spacial score (nSPS) is 18.1. The first kappa shape index (κ1) is 17.1. The lowest BCUT2D eigenvalue weighted by Crippen LogP contribution is -2.47. The van der Waals surface area contributed by atoms with Gasteiger partial charge in [0.2, 0.25) is 0 Å². The number of fused-ring (bicyclic) bond motifs is 2. The highest BCUT2D eigenvalue weighted by molar-refractivity contribution is 5.55. The molecule has 0 amide bonds. The standard InChI is InChI=1S/C21H22N6O/c22-17-12-18(25-14-24-17)27-9-7-21(8-10-27)19-16(6-11-28-21)13-23-20(26-19)15-4-2-1-3-5-15/h1-5,12-14H,6-11H2,(H2,22,24,25). The summed E-state index contributed by atoms with van der Waals surface area (Å²) in [7, 11) is 0. The van der Waals surface area contributed by atoms with E-state index in [2.05, 4.69) is 19.9 Å². The van der Waals surface area contributed by atoms with Gasteiger partial charge in [0.15, 0.2) is 5.82 Å². The van der Waals surface area contributed by atoms with E-state index in [1.165, 1.54) is 11.9 Å². The molecule has 1 saturated heterocycles. The molecular weight excluding hydrogens is 352 g/mol. The molecule has 142 valence electrons. The van der Waals surface area contributed by atoms with E-state index in [1.54, 1.807) is 0 Å². The summed E-state index contributed by atoms with van der Waals surface area (Å²) in [5, 5.41) is 0. The van der Waals surface area contributed by atoms with Gasteiger partial charge in [0.1, 0.15) is 23.6 Å². The van der Waals surface area contributed by atoms with Gasteiger partial charge in [-0.15, -0.1) is 0 Å². The second kappa shape index (κ2) is 6.83. The molecule has 1 spiro atoms. The zero-order chi connectivity index (χ0) is 19.0. The number of hydrogen-bond donors (Lipinski definition) is 1. The molecule has 0 bridgehead atoms. The first-order chi connectivity index (χ1) is 13.7. The number of nitrogen functional groups attached to an aromatic ring is 1. The van der Waals surface area contributed by atoms with Gasteiger partial charge < -0.3 is 15.4 Å². The molecule has 3 aromatic rings. The summed E-state index contributed by atoms with van der Waals surface area (Å²) in [6.07, 6.45) is 6.07. The molecule has 2 N–H and O–H groups in total. The first-order valence-electron chi connectivity index (χ1n) is 9.62. The molecular formula is C21H22N6O. The van der Waals surface area contributed by atoms with E-state index in [0.717, 1.165) is 55.3 Å². The van der Waals surface area contributed by atoms with Crippen LogP contribution in [0.4, 0.5) is 11.6 Å². The quantitative estimate of drug-likeness (QED) is 0.737. The topological polar surface area (TPSA) is 90.0 Å². The second-order valence-corrected chi connectivity index (χ2v) is 7.31. The van der Waals surface area contributed by atoms with E-state index < -0.39 is 0 Å². The van der Waals surface area contributed by atoms with Crippen LogP contribution in [0.1, 0.15) is 24.1 Å². The number of aromatic nitrogens is 4. The van der Waals surface area contributed by atoms with E-state index in [-0.39, 0.29) is 5.60 Å². The van der Waals surface area contributed by atoms with Crippen molar-refractivity contribution in [3.8, 4) is 11.4 Å².